The predicted octanol–water partition coefficient (Wildman–Crippen LogP) is 0.226. The largest absolute Gasteiger partial charge is 0.383 e. The monoisotopic (exact) mass is 293 g/mol. The first kappa shape index (κ1) is 15.7. The van der Waals surface area contributed by atoms with Gasteiger partial charge in [0, 0.05) is 51.1 Å². The van der Waals surface area contributed by atoms with Crippen molar-refractivity contribution in [3.63, 3.8) is 0 Å². The van der Waals surface area contributed by atoms with Gasteiger partial charge in [-0.3, -0.25) is 14.5 Å². The maximum absolute atomic E-state index is 12.2. The Morgan fingerprint density at radius 2 is 2.33 bits per heavy atom. The zero-order valence-electron chi connectivity index (χ0n) is 12.7. The molecule has 0 spiro atoms. The van der Waals surface area contributed by atoms with Gasteiger partial charge in [0.05, 0.1) is 6.61 Å². The second-order valence-corrected chi connectivity index (χ2v) is 5.47. The van der Waals surface area contributed by atoms with Gasteiger partial charge in [0.15, 0.2) is 0 Å². The molecule has 1 aliphatic rings. The van der Waals surface area contributed by atoms with Gasteiger partial charge >= 0.3 is 0 Å². The normalized spacial score (nSPS) is 19.4. The Kier molecular flexibility index (Phi) is 5.52. The van der Waals surface area contributed by atoms with Gasteiger partial charge < -0.3 is 14.6 Å². The van der Waals surface area contributed by atoms with Gasteiger partial charge in [-0.15, -0.1) is 0 Å². The lowest BCUT2D eigenvalue weighted by Crippen LogP contribution is -2.48. The summed E-state index contributed by atoms with van der Waals surface area (Å²) in [6, 6.07) is 3.18. The number of likely N-dealkylation sites (tertiary alicyclic amines) is 1. The SMILES string of the molecule is COCCN1CCCC(NC(=O)c2ccn(C)c(=O)c2)C1. The molecule has 1 unspecified atom stereocenters. The van der Waals surface area contributed by atoms with Crippen molar-refractivity contribution in [2.24, 2.45) is 7.05 Å². The third-order valence-corrected chi connectivity index (χ3v) is 3.82. The third-order valence-electron chi connectivity index (χ3n) is 3.82. The average Bonchev–Trinajstić information content (AvgIpc) is 2.48. The second-order valence-electron chi connectivity index (χ2n) is 5.47. The molecule has 0 radical (unpaired) electrons. The summed E-state index contributed by atoms with van der Waals surface area (Å²) in [6.07, 6.45) is 3.65. The van der Waals surface area contributed by atoms with E-state index in [-0.39, 0.29) is 17.5 Å². The number of aromatic nitrogens is 1. The van der Waals surface area contributed by atoms with E-state index in [4.69, 9.17) is 4.74 Å². The van der Waals surface area contributed by atoms with Crippen LogP contribution >= 0.6 is 0 Å². The summed E-state index contributed by atoms with van der Waals surface area (Å²) in [6.45, 7) is 3.46. The zero-order valence-corrected chi connectivity index (χ0v) is 12.7. The second kappa shape index (κ2) is 7.38. The molecule has 1 aromatic heterocycles. The van der Waals surface area contributed by atoms with Crippen LogP contribution in [0.4, 0.5) is 0 Å². The molecule has 0 saturated carbocycles. The van der Waals surface area contributed by atoms with Crippen LogP contribution in [0.3, 0.4) is 0 Å². The van der Waals surface area contributed by atoms with E-state index < -0.39 is 0 Å². The van der Waals surface area contributed by atoms with Gasteiger partial charge in [0.25, 0.3) is 11.5 Å². The number of nitrogens with one attached hydrogen (secondary N) is 1. The molecular weight excluding hydrogens is 270 g/mol. The smallest absolute Gasteiger partial charge is 0.251 e. The van der Waals surface area contributed by atoms with Crippen molar-refractivity contribution in [3.05, 3.63) is 34.2 Å². The third kappa shape index (κ3) is 4.41. The van der Waals surface area contributed by atoms with Crippen molar-refractivity contribution in [2.75, 3.05) is 33.4 Å². The highest BCUT2D eigenvalue weighted by Gasteiger charge is 2.21. The minimum absolute atomic E-state index is 0.132. The minimum atomic E-state index is -0.175. The first-order valence-corrected chi connectivity index (χ1v) is 7.29. The summed E-state index contributed by atoms with van der Waals surface area (Å²) < 4.78 is 6.54. The molecular formula is C15H23N3O3. The number of methoxy groups -OCH3 is 1. The summed E-state index contributed by atoms with van der Waals surface area (Å²) in [7, 11) is 3.36. The molecule has 6 heteroatoms. The van der Waals surface area contributed by atoms with Crippen LogP contribution in [0.1, 0.15) is 23.2 Å². The minimum Gasteiger partial charge on any atom is -0.383 e. The number of piperidine rings is 1. The number of carbonyl (C=O) groups excluding carboxylic acids is 1. The lowest BCUT2D eigenvalue weighted by Gasteiger charge is -2.32. The lowest BCUT2D eigenvalue weighted by molar-refractivity contribution is 0.0878. The Balaban J connectivity index is 1.92. The number of amides is 1. The van der Waals surface area contributed by atoms with Crippen molar-refractivity contribution in [1.82, 2.24) is 14.8 Å². The topological polar surface area (TPSA) is 63.6 Å². The van der Waals surface area contributed by atoms with E-state index >= 15 is 0 Å². The van der Waals surface area contributed by atoms with Crippen LogP contribution in [0.2, 0.25) is 0 Å². The standard InChI is InChI=1S/C15H23N3O3/c1-17-7-5-12(10-14(17)19)15(20)16-13-4-3-6-18(11-13)8-9-21-2/h5,7,10,13H,3-4,6,8-9,11H2,1-2H3,(H,16,20). The number of hydrogen-bond donors (Lipinski definition) is 1. The summed E-state index contributed by atoms with van der Waals surface area (Å²) in [4.78, 5) is 26.1. The Hall–Kier alpha value is -1.66. The first-order valence-electron chi connectivity index (χ1n) is 7.29. The lowest BCUT2D eigenvalue weighted by atomic mass is 10.1. The molecule has 1 amide bonds. The van der Waals surface area contributed by atoms with Gasteiger partial charge in [-0.25, -0.2) is 0 Å². The van der Waals surface area contributed by atoms with Crippen LogP contribution in [0, 0.1) is 0 Å². The molecule has 0 aliphatic carbocycles. The molecule has 2 rings (SSSR count). The fraction of sp³-hybridized carbons (Fsp3) is 0.600. The van der Waals surface area contributed by atoms with E-state index in [2.05, 4.69) is 10.2 Å². The van der Waals surface area contributed by atoms with E-state index in [0.717, 1.165) is 32.5 Å². The van der Waals surface area contributed by atoms with Crippen LogP contribution in [0.15, 0.2) is 23.1 Å². The van der Waals surface area contributed by atoms with Crippen molar-refractivity contribution in [1.29, 1.82) is 0 Å². The fourth-order valence-electron chi connectivity index (χ4n) is 2.56. The first-order chi connectivity index (χ1) is 10.1. The number of rotatable bonds is 5. The van der Waals surface area contributed by atoms with Gasteiger partial charge in [0.1, 0.15) is 0 Å². The zero-order chi connectivity index (χ0) is 15.2. The molecule has 1 saturated heterocycles. The van der Waals surface area contributed by atoms with Crippen molar-refractivity contribution < 1.29 is 9.53 Å². The quantitative estimate of drug-likeness (QED) is 0.844. The van der Waals surface area contributed by atoms with Crippen LogP contribution in [-0.2, 0) is 11.8 Å². The van der Waals surface area contributed by atoms with E-state index in [1.165, 1.54) is 10.6 Å². The van der Waals surface area contributed by atoms with E-state index in [1.807, 2.05) is 0 Å². The molecule has 21 heavy (non-hydrogen) atoms. The summed E-state index contributed by atoms with van der Waals surface area (Å²) in [5, 5.41) is 3.02. The van der Waals surface area contributed by atoms with Crippen LogP contribution in [0.25, 0.3) is 0 Å². The van der Waals surface area contributed by atoms with Gasteiger partial charge in [0.2, 0.25) is 0 Å². The predicted molar refractivity (Wildman–Crippen MR) is 80.5 cm³/mol. The summed E-state index contributed by atoms with van der Waals surface area (Å²) in [5.41, 5.74) is 0.250. The molecule has 1 aliphatic heterocycles. The molecule has 1 atom stereocenters. The molecule has 1 N–H and O–H groups in total. The number of pyridine rings is 1. The highest BCUT2D eigenvalue weighted by molar-refractivity contribution is 5.94. The summed E-state index contributed by atoms with van der Waals surface area (Å²) >= 11 is 0. The van der Waals surface area contributed by atoms with Crippen LogP contribution in [-0.4, -0.2) is 54.8 Å². The van der Waals surface area contributed by atoms with Crippen molar-refractivity contribution in [2.45, 2.75) is 18.9 Å². The molecule has 1 aromatic rings. The number of carbonyl (C=O) groups is 1. The van der Waals surface area contributed by atoms with Gasteiger partial charge in [-0.2, -0.15) is 0 Å². The van der Waals surface area contributed by atoms with Gasteiger partial charge in [-0.05, 0) is 25.5 Å². The molecule has 6 nitrogen and oxygen atoms in total. The Morgan fingerprint density at radius 1 is 1.52 bits per heavy atom. The highest BCUT2D eigenvalue weighted by Crippen LogP contribution is 2.10. The molecule has 2 heterocycles. The van der Waals surface area contributed by atoms with Crippen molar-refractivity contribution >= 4 is 5.91 Å². The molecule has 0 aromatic carbocycles. The van der Waals surface area contributed by atoms with E-state index in [0.29, 0.717) is 12.2 Å². The number of aryl methyl sites for hydroxylation is 1. The number of nitrogens with zero attached hydrogens (tertiary/aromatic N) is 2. The Labute approximate surface area is 124 Å². The number of ether oxygens (including phenoxy) is 1. The Bertz CT molecular complexity index is 541. The van der Waals surface area contributed by atoms with E-state index in [9.17, 15) is 9.59 Å². The molecule has 1 fully saturated rings. The summed E-state index contributed by atoms with van der Waals surface area (Å²) in [5.74, 6) is -0.175. The number of hydrogen-bond acceptors (Lipinski definition) is 4. The van der Waals surface area contributed by atoms with Gasteiger partial charge in [-0.1, -0.05) is 0 Å². The molecule has 0 bridgehead atoms. The highest BCUT2D eigenvalue weighted by atomic mass is 16.5. The van der Waals surface area contributed by atoms with Crippen LogP contribution < -0.4 is 10.9 Å². The maximum atomic E-state index is 12.2. The average molecular weight is 293 g/mol. The van der Waals surface area contributed by atoms with Crippen molar-refractivity contribution in [3.8, 4) is 0 Å². The molecule has 116 valence electrons. The van der Waals surface area contributed by atoms with E-state index in [1.54, 1.807) is 26.4 Å². The van der Waals surface area contributed by atoms with Crippen LogP contribution in [0.5, 0.6) is 0 Å². The Morgan fingerprint density at radius 3 is 3.05 bits per heavy atom. The maximum Gasteiger partial charge on any atom is 0.251 e. The fourth-order valence-corrected chi connectivity index (χ4v) is 2.56.